The summed E-state index contributed by atoms with van der Waals surface area (Å²) >= 11 is 0. The van der Waals surface area contributed by atoms with Gasteiger partial charge in [-0.3, -0.25) is 4.90 Å². The minimum Gasteiger partial charge on any atom is -0.394 e. The Morgan fingerprint density at radius 1 is 1.45 bits per heavy atom. The van der Waals surface area contributed by atoms with Gasteiger partial charge in [-0.1, -0.05) is 20.8 Å². The Morgan fingerprint density at radius 2 is 2.15 bits per heavy atom. The molecule has 1 saturated heterocycles. The second kappa shape index (κ2) is 8.32. The van der Waals surface area contributed by atoms with Crippen molar-refractivity contribution in [2.24, 2.45) is 0 Å². The molecule has 120 valence electrons. The minimum absolute atomic E-state index is 0.164. The number of hydrogen-bond acceptors (Lipinski definition) is 4. The van der Waals surface area contributed by atoms with Crippen molar-refractivity contribution >= 4 is 0 Å². The molecular weight excluding hydrogens is 250 g/mol. The van der Waals surface area contributed by atoms with Gasteiger partial charge in [-0.05, 0) is 52.9 Å². The van der Waals surface area contributed by atoms with Crippen LogP contribution in [0.5, 0.6) is 0 Å². The standard InChI is InChI=1S/C16H35N3O/c1-6-19-10-7-8-15(19)12-18(5)11-9-16(4,13-20)17-14(2)3/h14-15,17,20H,6-13H2,1-5H3. The number of rotatable bonds is 9. The van der Waals surface area contributed by atoms with Crippen LogP contribution < -0.4 is 5.32 Å². The van der Waals surface area contributed by atoms with Gasteiger partial charge in [-0.15, -0.1) is 0 Å². The minimum atomic E-state index is -0.164. The number of nitrogens with one attached hydrogen (secondary N) is 1. The van der Waals surface area contributed by atoms with E-state index in [1.165, 1.54) is 25.9 Å². The zero-order chi connectivity index (χ0) is 15.2. The van der Waals surface area contributed by atoms with E-state index in [-0.39, 0.29) is 12.1 Å². The first-order chi connectivity index (χ1) is 9.40. The van der Waals surface area contributed by atoms with Gasteiger partial charge in [0.2, 0.25) is 0 Å². The Bertz CT molecular complexity index is 272. The number of nitrogens with zero attached hydrogens (tertiary/aromatic N) is 2. The molecule has 1 fully saturated rings. The lowest BCUT2D eigenvalue weighted by molar-refractivity contribution is 0.134. The molecule has 20 heavy (non-hydrogen) atoms. The van der Waals surface area contributed by atoms with E-state index in [0.29, 0.717) is 6.04 Å². The summed E-state index contributed by atoms with van der Waals surface area (Å²) in [5, 5.41) is 13.1. The van der Waals surface area contributed by atoms with Gasteiger partial charge in [0.25, 0.3) is 0 Å². The Hall–Kier alpha value is -0.160. The van der Waals surface area contributed by atoms with E-state index in [1.807, 2.05) is 0 Å². The fourth-order valence-corrected chi connectivity index (χ4v) is 3.30. The van der Waals surface area contributed by atoms with Gasteiger partial charge in [-0.2, -0.15) is 0 Å². The lowest BCUT2D eigenvalue weighted by atomic mass is 9.97. The molecule has 1 aliphatic heterocycles. The quantitative estimate of drug-likeness (QED) is 0.674. The van der Waals surface area contributed by atoms with Gasteiger partial charge in [0.05, 0.1) is 6.61 Å². The third kappa shape index (κ3) is 5.68. The van der Waals surface area contributed by atoms with E-state index in [2.05, 4.69) is 49.9 Å². The van der Waals surface area contributed by atoms with Crippen LogP contribution in [0, 0.1) is 0 Å². The molecule has 0 aromatic carbocycles. The first-order valence-electron chi connectivity index (χ1n) is 8.21. The molecule has 1 rings (SSSR count). The second-order valence-corrected chi connectivity index (χ2v) is 6.95. The monoisotopic (exact) mass is 285 g/mol. The van der Waals surface area contributed by atoms with Crippen molar-refractivity contribution in [2.45, 2.75) is 64.6 Å². The van der Waals surface area contributed by atoms with Crippen LogP contribution in [0.3, 0.4) is 0 Å². The van der Waals surface area contributed by atoms with Gasteiger partial charge in [-0.25, -0.2) is 0 Å². The topological polar surface area (TPSA) is 38.7 Å². The average molecular weight is 285 g/mol. The molecule has 2 unspecified atom stereocenters. The Labute approximate surface area is 125 Å². The van der Waals surface area contributed by atoms with E-state index >= 15 is 0 Å². The second-order valence-electron chi connectivity index (χ2n) is 6.95. The lowest BCUT2D eigenvalue weighted by Crippen LogP contribution is -2.51. The summed E-state index contributed by atoms with van der Waals surface area (Å²) in [5.41, 5.74) is -0.164. The van der Waals surface area contributed by atoms with Crippen molar-refractivity contribution in [2.75, 3.05) is 39.8 Å². The van der Waals surface area contributed by atoms with Crippen molar-refractivity contribution in [1.29, 1.82) is 0 Å². The van der Waals surface area contributed by atoms with Crippen LogP contribution in [0.2, 0.25) is 0 Å². The van der Waals surface area contributed by atoms with E-state index in [1.54, 1.807) is 0 Å². The highest BCUT2D eigenvalue weighted by Gasteiger charge is 2.27. The van der Waals surface area contributed by atoms with Crippen LogP contribution in [-0.4, -0.2) is 72.4 Å². The Balaban J connectivity index is 2.36. The molecule has 1 heterocycles. The molecule has 0 bridgehead atoms. The number of aliphatic hydroxyl groups excluding tert-OH is 1. The number of likely N-dealkylation sites (tertiary alicyclic amines) is 1. The molecule has 0 aliphatic carbocycles. The molecule has 2 N–H and O–H groups in total. The van der Waals surface area contributed by atoms with Gasteiger partial charge in [0.1, 0.15) is 0 Å². The van der Waals surface area contributed by atoms with Crippen LogP contribution in [0.15, 0.2) is 0 Å². The first kappa shape index (κ1) is 17.9. The zero-order valence-corrected chi connectivity index (χ0v) is 14.2. The molecule has 1 aliphatic rings. The number of aliphatic hydroxyl groups is 1. The van der Waals surface area contributed by atoms with Gasteiger partial charge in [0.15, 0.2) is 0 Å². The van der Waals surface area contributed by atoms with Crippen LogP contribution in [0.4, 0.5) is 0 Å². The maximum absolute atomic E-state index is 9.62. The third-order valence-corrected chi connectivity index (χ3v) is 4.46. The molecular formula is C16H35N3O. The third-order valence-electron chi connectivity index (χ3n) is 4.46. The van der Waals surface area contributed by atoms with Crippen LogP contribution in [0.25, 0.3) is 0 Å². The molecule has 0 saturated carbocycles. The summed E-state index contributed by atoms with van der Waals surface area (Å²) < 4.78 is 0. The zero-order valence-electron chi connectivity index (χ0n) is 14.2. The first-order valence-corrected chi connectivity index (χ1v) is 8.21. The maximum atomic E-state index is 9.62. The molecule has 0 amide bonds. The fraction of sp³-hybridized carbons (Fsp3) is 1.00. The van der Waals surface area contributed by atoms with Crippen LogP contribution in [-0.2, 0) is 0 Å². The van der Waals surface area contributed by atoms with E-state index < -0.39 is 0 Å². The lowest BCUT2D eigenvalue weighted by Gasteiger charge is -2.34. The largest absolute Gasteiger partial charge is 0.394 e. The average Bonchev–Trinajstić information content (AvgIpc) is 2.83. The van der Waals surface area contributed by atoms with Crippen molar-refractivity contribution < 1.29 is 5.11 Å². The molecule has 0 spiro atoms. The SMILES string of the molecule is CCN1CCCC1CN(C)CCC(C)(CO)NC(C)C. The van der Waals surface area contributed by atoms with E-state index in [4.69, 9.17) is 0 Å². The predicted octanol–water partition coefficient (Wildman–Crippen LogP) is 1.54. The summed E-state index contributed by atoms with van der Waals surface area (Å²) in [6.45, 7) is 13.5. The number of hydrogen-bond donors (Lipinski definition) is 2. The maximum Gasteiger partial charge on any atom is 0.0611 e. The molecule has 4 nitrogen and oxygen atoms in total. The highest BCUT2D eigenvalue weighted by Crippen LogP contribution is 2.18. The number of likely N-dealkylation sites (N-methyl/N-ethyl adjacent to an activating group) is 2. The predicted molar refractivity (Wildman–Crippen MR) is 86.1 cm³/mol. The van der Waals surface area contributed by atoms with Gasteiger partial charge < -0.3 is 15.3 Å². The van der Waals surface area contributed by atoms with Gasteiger partial charge in [0, 0.05) is 24.2 Å². The fourth-order valence-electron chi connectivity index (χ4n) is 3.30. The Morgan fingerprint density at radius 3 is 2.70 bits per heavy atom. The molecule has 0 radical (unpaired) electrons. The summed E-state index contributed by atoms with van der Waals surface area (Å²) in [4.78, 5) is 5.02. The van der Waals surface area contributed by atoms with Crippen LogP contribution in [0.1, 0.15) is 47.0 Å². The van der Waals surface area contributed by atoms with E-state index in [9.17, 15) is 5.11 Å². The molecule has 0 aromatic heterocycles. The van der Waals surface area contributed by atoms with Crippen molar-refractivity contribution in [1.82, 2.24) is 15.1 Å². The summed E-state index contributed by atoms with van der Waals surface area (Å²) in [7, 11) is 2.21. The summed E-state index contributed by atoms with van der Waals surface area (Å²) in [5.74, 6) is 0. The Kier molecular flexibility index (Phi) is 7.45. The highest BCUT2D eigenvalue weighted by molar-refractivity contribution is 4.86. The van der Waals surface area contributed by atoms with Crippen molar-refractivity contribution in [3.63, 3.8) is 0 Å². The smallest absolute Gasteiger partial charge is 0.0611 e. The van der Waals surface area contributed by atoms with Gasteiger partial charge >= 0.3 is 0 Å². The summed E-state index contributed by atoms with van der Waals surface area (Å²) in [6, 6.07) is 1.13. The molecule has 0 aromatic rings. The molecule has 2 atom stereocenters. The van der Waals surface area contributed by atoms with Crippen molar-refractivity contribution in [3.05, 3.63) is 0 Å². The van der Waals surface area contributed by atoms with Crippen LogP contribution >= 0.6 is 0 Å². The summed E-state index contributed by atoms with van der Waals surface area (Å²) in [6.07, 6.45) is 3.66. The highest BCUT2D eigenvalue weighted by atomic mass is 16.3. The molecule has 4 heteroatoms. The normalized spacial score (nSPS) is 23.7. The van der Waals surface area contributed by atoms with Crippen molar-refractivity contribution in [3.8, 4) is 0 Å². The van der Waals surface area contributed by atoms with E-state index in [0.717, 1.165) is 25.6 Å².